The van der Waals surface area contributed by atoms with E-state index in [9.17, 15) is 14.4 Å². The van der Waals surface area contributed by atoms with Gasteiger partial charge in [0.25, 0.3) is 5.91 Å². The number of ether oxygens (including phenoxy) is 1. The molecule has 2 rings (SSSR count). The SMILES string of the molecule is C[C@H](OC(=O)c1ccc(C=O)cc1)C(=O)Nc1ccccc1C#N. The zero-order valence-electron chi connectivity index (χ0n) is 12.9. The van der Waals surface area contributed by atoms with Crippen LogP contribution in [0, 0.1) is 11.3 Å². The number of carbonyl (C=O) groups excluding carboxylic acids is 3. The van der Waals surface area contributed by atoms with E-state index in [4.69, 9.17) is 10.00 Å². The van der Waals surface area contributed by atoms with Crippen LogP contribution < -0.4 is 5.32 Å². The Balaban J connectivity index is 2.01. The van der Waals surface area contributed by atoms with Crippen LogP contribution in [0.5, 0.6) is 0 Å². The maximum Gasteiger partial charge on any atom is 0.338 e. The van der Waals surface area contributed by atoms with E-state index in [1.165, 1.54) is 31.2 Å². The first-order chi connectivity index (χ1) is 11.5. The number of hydrogen-bond acceptors (Lipinski definition) is 5. The van der Waals surface area contributed by atoms with Crippen LogP contribution in [0.25, 0.3) is 0 Å². The van der Waals surface area contributed by atoms with Crippen LogP contribution in [0.4, 0.5) is 5.69 Å². The van der Waals surface area contributed by atoms with E-state index in [2.05, 4.69) is 5.32 Å². The molecule has 0 saturated heterocycles. The van der Waals surface area contributed by atoms with Crippen LogP contribution in [0.15, 0.2) is 48.5 Å². The van der Waals surface area contributed by atoms with Crippen molar-refractivity contribution in [2.45, 2.75) is 13.0 Å². The largest absolute Gasteiger partial charge is 0.449 e. The van der Waals surface area contributed by atoms with Crippen LogP contribution in [0.3, 0.4) is 0 Å². The third-order valence-corrected chi connectivity index (χ3v) is 3.24. The number of nitriles is 1. The van der Waals surface area contributed by atoms with Crippen molar-refractivity contribution in [1.29, 1.82) is 5.26 Å². The van der Waals surface area contributed by atoms with Crippen LogP contribution in [0.2, 0.25) is 0 Å². The molecule has 0 fully saturated rings. The number of nitrogens with zero attached hydrogens (tertiary/aromatic N) is 1. The molecule has 2 aromatic carbocycles. The van der Waals surface area contributed by atoms with Gasteiger partial charge >= 0.3 is 5.97 Å². The number of rotatable bonds is 5. The standard InChI is InChI=1S/C18H14N2O4/c1-12(17(22)20-16-5-3-2-4-15(16)10-19)24-18(23)14-8-6-13(11-21)7-9-14/h2-9,11-12H,1H3,(H,20,22)/t12-/m0/s1. The number of anilines is 1. The molecule has 0 spiro atoms. The summed E-state index contributed by atoms with van der Waals surface area (Å²) in [7, 11) is 0. The number of benzene rings is 2. The molecule has 0 aromatic heterocycles. The van der Waals surface area contributed by atoms with Crippen molar-refractivity contribution in [3.8, 4) is 6.07 Å². The van der Waals surface area contributed by atoms with Gasteiger partial charge in [-0.3, -0.25) is 9.59 Å². The Morgan fingerprint density at radius 2 is 1.83 bits per heavy atom. The molecule has 0 aliphatic heterocycles. The summed E-state index contributed by atoms with van der Waals surface area (Å²) in [5, 5.41) is 11.5. The van der Waals surface area contributed by atoms with E-state index >= 15 is 0 Å². The third kappa shape index (κ3) is 4.05. The topological polar surface area (TPSA) is 96.3 Å². The van der Waals surface area contributed by atoms with Gasteiger partial charge in [0, 0.05) is 5.56 Å². The normalized spacial score (nSPS) is 11.0. The molecule has 0 heterocycles. The molecule has 0 unspecified atom stereocenters. The molecule has 0 bridgehead atoms. The number of nitrogens with one attached hydrogen (secondary N) is 1. The van der Waals surface area contributed by atoms with Crippen LogP contribution in [-0.2, 0) is 9.53 Å². The number of esters is 1. The van der Waals surface area contributed by atoms with Gasteiger partial charge in [-0.25, -0.2) is 4.79 Å². The first kappa shape index (κ1) is 16.9. The molecular weight excluding hydrogens is 308 g/mol. The van der Waals surface area contributed by atoms with Gasteiger partial charge in [0.05, 0.1) is 16.8 Å². The zero-order valence-corrected chi connectivity index (χ0v) is 12.9. The molecule has 6 heteroatoms. The molecule has 1 amide bonds. The quantitative estimate of drug-likeness (QED) is 0.674. The minimum absolute atomic E-state index is 0.234. The minimum atomic E-state index is -1.05. The highest BCUT2D eigenvalue weighted by molar-refractivity contribution is 5.98. The van der Waals surface area contributed by atoms with E-state index in [0.29, 0.717) is 23.1 Å². The van der Waals surface area contributed by atoms with Crippen LogP contribution >= 0.6 is 0 Å². The Morgan fingerprint density at radius 3 is 2.46 bits per heavy atom. The molecule has 24 heavy (non-hydrogen) atoms. The van der Waals surface area contributed by atoms with Gasteiger partial charge in [-0.15, -0.1) is 0 Å². The maximum absolute atomic E-state index is 12.1. The lowest BCUT2D eigenvalue weighted by Crippen LogP contribution is -2.30. The highest BCUT2D eigenvalue weighted by atomic mass is 16.5. The molecule has 1 N–H and O–H groups in total. The summed E-state index contributed by atoms with van der Waals surface area (Å²) in [5.41, 5.74) is 1.33. The van der Waals surface area contributed by atoms with Gasteiger partial charge in [0.1, 0.15) is 12.4 Å². The van der Waals surface area contributed by atoms with E-state index in [0.717, 1.165) is 0 Å². The minimum Gasteiger partial charge on any atom is -0.449 e. The van der Waals surface area contributed by atoms with E-state index in [-0.39, 0.29) is 5.56 Å². The van der Waals surface area contributed by atoms with Gasteiger partial charge in [-0.1, -0.05) is 24.3 Å². The fourth-order valence-electron chi connectivity index (χ4n) is 1.90. The smallest absolute Gasteiger partial charge is 0.338 e. The number of hydrogen-bond donors (Lipinski definition) is 1. The Hall–Kier alpha value is -3.46. The Bertz CT molecular complexity index is 807. The van der Waals surface area contributed by atoms with Crippen molar-refractivity contribution in [3.63, 3.8) is 0 Å². The molecule has 2 aromatic rings. The van der Waals surface area contributed by atoms with Crippen molar-refractivity contribution < 1.29 is 19.1 Å². The van der Waals surface area contributed by atoms with E-state index in [1.54, 1.807) is 24.3 Å². The van der Waals surface area contributed by atoms with Crippen molar-refractivity contribution in [3.05, 3.63) is 65.2 Å². The average Bonchev–Trinajstić information content (AvgIpc) is 2.62. The average molecular weight is 322 g/mol. The van der Waals surface area contributed by atoms with Crippen LogP contribution in [-0.4, -0.2) is 24.3 Å². The van der Waals surface area contributed by atoms with Crippen molar-refractivity contribution >= 4 is 23.9 Å². The molecular formula is C18H14N2O4. The summed E-state index contributed by atoms with van der Waals surface area (Å²) in [6.45, 7) is 1.43. The Labute approximate surface area is 138 Å². The number of aldehydes is 1. The molecule has 0 aliphatic rings. The summed E-state index contributed by atoms with van der Waals surface area (Å²) in [6.07, 6.45) is -0.382. The van der Waals surface area contributed by atoms with Crippen molar-refractivity contribution in [1.82, 2.24) is 0 Å². The van der Waals surface area contributed by atoms with Crippen LogP contribution in [0.1, 0.15) is 33.2 Å². The second-order valence-corrected chi connectivity index (χ2v) is 4.93. The van der Waals surface area contributed by atoms with E-state index in [1.807, 2.05) is 6.07 Å². The Kier molecular flexibility index (Phi) is 5.42. The maximum atomic E-state index is 12.1. The summed E-state index contributed by atoms with van der Waals surface area (Å²) in [5.74, 6) is -1.22. The fourth-order valence-corrected chi connectivity index (χ4v) is 1.90. The lowest BCUT2D eigenvalue weighted by molar-refractivity contribution is -0.123. The second-order valence-electron chi connectivity index (χ2n) is 4.93. The second kappa shape index (κ2) is 7.70. The lowest BCUT2D eigenvalue weighted by atomic mass is 10.1. The van der Waals surface area contributed by atoms with Gasteiger partial charge in [-0.2, -0.15) is 5.26 Å². The first-order valence-electron chi connectivity index (χ1n) is 7.11. The number of amides is 1. The number of carbonyl (C=O) groups is 3. The van der Waals surface area contributed by atoms with Gasteiger partial charge < -0.3 is 10.1 Å². The molecule has 0 radical (unpaired) electrons. The fraction of sp³-hybridized carbons (Fsp3) is 0.111. The molecule has 1 atom stereocenters. The predicted molar refractivity (Wildman–Crippen MR) is 86.5 cm³/mol. The van der Waals surface area contributed by atoms with Gasteiger partial charge in [0.15, 0.2) is 6.10 Å². The predicted octanol–water partition coefficient (Wildman–Crippen LogP) is 2.55. The molecule has 6 nitrogen and oxygen atoms in total. The summed E-state index contributed by atoms with van der Waals surface area (Å²) in [4.78, 5) is 34.7. The first-order valence-corrected chi connectivity index (χ1v) is 7.11. The monoisotopic (exact) mass is 322 g/mol. The highest BCUT2D eigenvalue weighted by Gasteiger charge is 2.19. The van der Waals surface area contributed by atoms with Gasteiger partial charge in [0.2, 0.25) is 0 Å². The molecule has 0 aliphatic carbocycles. The lowest BCUT2D eigenvalue weighted by Gasteiger charge is -2.14. The zero-order chi connectivity index (χ0) is 17.5. The summed E-state index contributed by atoms with van der Waals surface area (Å²) >= 11 is 0. The molecule has 0 saturated carbocycles. The van der Waals surface area contributed by atoms with Gasteiger partial charge in [-0.05, 0) is 31.2 Å². The van der Waals surface area contributed by atoms with E-state index < -0.39 is 18.0 Å². The van der Waals surface area contributed by atoms with Crippen molar-refractivity contribution in [2.75, 3.05) is 5.32 Å². The summed E-state index contributed by atoms with van der Waals surface area (Å²) in [6, 6.07) is 14.3. The highest BCUT2D eigenvalue weighted by Crippen LogP contribution is 2.14. The number of para-hydroxylation sites is 1. The Morgan fingerprint density at radius 1 is 1.17 bits per heavy atom. The summed E-state index contributed by atoms with van der Waals surface area (Å²) < 4.78 is 5.10. The molecule has 120 valence electrons. The van der Waals surface area contributed by atoms with Crippen molar-refractivity contribution in [2.24, 2.45) is 0 Å². The third-order valence-electron chi connectivity index (χ3n) is 3.24.